The SMILES string of the molecule is CC[C@H](C=C[C@@H](C)[C@H]1CC[C@H]2[C@@H]3CC(O)C4=CC(=O)CC[C@]4(C)[C@@H]3CC[C@]12C)C(C)C. The van der Waals surface area contributed by atoms with Gasteiger partial charge in [-0.05, 0) is 109 Å². The number of aliphatic hydroxyl groups excluding tert-OH is 1. The molecule has 174 valence electrons. The first-order valence-electron chi connectivity index (χ1n) is 13.2. The van der Waals surface area contributed by atoms with Crippen molar-refractivity contribution in [3.8, 4) is 0 Å². The Balaban J connectivity index is 1.55. The lowest BCUT2D eigenvalue weighted by Crippen LogP contribution is -2.54. The van der Waals surface area contributed by atoms with Crippen LogP contribution in [0.2, 0.25) is 0 Å². The van der Waals surface area contributed by atoms with E-state index in [1.165, 1.54) is 32.1 Å². The molecule has 0 aromatic carbocycles. The summed E-state index contributed by atoms with van der Waals surface area (Å²) in [4.78, 5) is 12.1. The molecular formula is C29H46O2. The summed E-state index contributed by atoms with van der Waals surface area (Å²) in [6, 6.07) is 0. The van der Waals surface area contributed by atoms with E-state index in [1.807, 2.05) is 6.08 Å². The first-order valence-corrected chi connectivity index (χ1v) is 13.2. The Morgan fingerprint density at radius 1 is 1.10 bits per heavy atom. The molecule has 0 heterocycles. The number of ketones is 1. The number of fused-ring (bicyclic) bond motifs is 5. The van der Waals surface area contributed by atoms with Crippen molar-refractivity contribution in [3.05, 3.63) is 23.8 Å². The third-order valence-electron chi connectivity index (χ3n) is 10.7. The summed E-state index contributed by atoms with van der Waals surface area (Å²) in [5.41, 5.74) is 1.50. The van der Waals surface area contributed by atoms with E-state index < -0.39 is 6.10 Å². The molecule has 4 aliphatic carbocycles. The van der Waals surface area contributed by atoms with Gasteiger partial charge in [-0.15, -0.1) is 0 Å². The number of carbonyl (C=O) groups excluding carboxylic acids is 1. The Morgan fingerprint density at radius 3 is 2.52 bits per heavy atom. The van der Waals surface area contributed by atoms with Crippen LogP contribution in [0.5, 0.6) is 0 Å². The molecule has 0 spiro atoms. The van der Waals surface area contributed by atoms with Crippen LogP contribution in [0.3, 0.4) is 0 Å². The Morgan fingerprint density at radius 2 is 1.84 bits per heavy atom. The van der Waals surface area contributed by atoms with Crippen molar-refractivity contribution in [2.24, 2.45) is 52.3 Å². The molecule has 2 nitrogen and oxygen atoms in total. The van der Waals surface area contributed by atoms with E-state index in [1.54, 1.807) is 0 Å². The first-order chi connectivity index (χ1) is 14.6. The van der Waals surface area contributed by atoms with Gasteiger partial charge >= 0.3 is 0 Å². The molecule has 1 N–H and O–H groups in total. The van der Waals surface area contributed by atoms with Gasteiger partial charge in [-0.25, -0.2) is 0 Å². The quantitative estimate of drug-likeness (QED) is 0.481. The molecule has 0 radical (unpaired) electrons. The molecule has 0 saturated heterocycles. The fraction of sp³-hybridized carbons (Fsp3) is 0.828. The average molecular weight is 427 g/mol. The Kier molecular flexibility index (Phi) is 6.36. The van der Waals surface area contributed by atoms with Crippen LogP contribution in [0.1, 0.15) is 92.9 Å². The van der Waals surface area contributed by atoms with E-state index in [0.717, 1.165) is 30.3 Å². The molecule has 1 unspecified atom stereocenters. The second kappa shape index (κ2) is 8.47. The molecule has 4 aliphatic rings. The summed E-state index contributed by atoms with van der Waals surface area (Å²) >= 11 is 0. The zero-order valence-electron chi connectivity index (χ0n) is 20.9. The van der Waals surface area contributed by atoms with Crippen LogP contribution in [0.4, 0.5) is 0 Å². The zero-order valence-corrected chi connectivity index (χ0v) is 20.9. The van der Waals surface area contributed by atoms with Crippen LogP contribution >= 0.6 is 0 Å². The monoisotopic (exact) mass is 426 g/mol. The molecular weight excluding hydrogens is 380 g/mol. The molecule has 3 saturated carbocycles. The maximum absolute atomic E-state index is 12.1. The third-order valence-corrected chi connectivity index (χ3v) is 10.7. The van der Waals surface area contributed by atoms with Gasteiger partial charge < -0.3 is 5.11 Å². The molecule has 2 heteroatoms. The highest BCUT2D eigenvalue weighted by molar-refractivity contribution is 5.91. The minimum atomic E-state index is -0.412. The molecule has 0 bridgehead atoms. The number of rotatable bonds is 5. The van der Waals surface area contributed by atoms with Crippen LogP contribution in [0.25, 0.3) is 0 Å². The lowest BCUT2D eigenvalue weighted by atomic mass is 9.46. The van der Waals surface area contributed by atoms with Gasteiger partial charge in [-0.2, -0.15) is 0 Å². The lowest BCUT2D eigenvalue weighted by Gasteiger charge is -2.59. The average Bonchev–Trinajstić information content (AvgIpc) is 3.07. The molecule has 0 aromatic rings. The van der Waals surface area contributed by atoms with Crippen LogP contribution < -0.4 is 0 Å². The Bertz CT molecular complexity index is 748. The van der Waals surface area contributed by atoms with E-state index in [-0.39, 0.29) is 11.2 Å². The smallest absolute Gasteiger partial charge is 0.155 e. The molecule has 9 atom stereocenters. The summed E-state index contributed by atoms with van der Waals surface area (Å²) < 4.78 is 0. The summed E-state index contributed by atoms with van der Waals surface area (Å²) in [6.07, 6.45) is 15.4. The van der Waals surface area contributed by atoms with Crippen molar-refractivity contribution in [3.63, 3.8) is 0 Å². The second-order valence-electron chi connectivity index (χ2n) is 12.4. The largest absolute Gasteiger partial charge is 0.389 e. The number of aliphatic hydroxyl groups is 1. The standard InChI is InChI=1S/C29H46O2/c1-7-20(18(2)3)9-8-19(4)23-10-11-24-22-17-27(31)26-16-21(30)12-14-29(26,6)25(22)13-15-28(23,24)5/h8-9,16,18-20,22-25,27,31H,7,10-15,17H2,1-6H3/t19-,20-,22+,23-,24+,25-,27?,28-,29-/m1/s1. The van der Waals surface area contributed by atoms with Crippen molar-refractivity contribution in [2.75, 3.05) is 0 Å². The van der Waals surface area contributed by atoms with Crippen molar-refractivity contribution >= 4 is 5.78 Å². The molecule has 4 rings (SSSR count). The van der Waals surface area contributed by atoms with Gasteiger partial charge in [0.1, 0.15) is 0 Å². The maximum atomic E-state index is 12.1. The first kappa shape index (κ1) is 23.3. The second-order valence-corrected chi connectivity index (χ2v) is 12.4. The predicted molar refractivity (Wildman–Crippen MR) is 129 cm³/mol. The number of carbonyl (C=O) groups is 1. The van der Waals surface area contributed by atoms with Crippen LogP contribution in [0, 0.1) is 52.3 Å². The van der Waals surface area contributed by atoms with Crippen LogP contribution in [-0.2, 0) is 4.79 Å². The van der Waals surface area contributed by atoms with Crippen LogP contribution in [-0.4, -0.2) is 17.0 Å². The molecule has 31 heavy (non-hydrogen) atoms. The van der Waals surface area contributed by atoms with E-state index in [2.05, 4.69) is 53.7 Å². The van der Waals surface area contributed by atoms with Crippen LogP contribution in [0.15, 0.2) is 23.8 Å². The zero-order chi connectivity index (χ0) is 22.6. The van der Waals surface area contributed by atoms with Crippen molar-refractivity contribution in [1.29, 1.82) is 0 Å². The summed E-state index contributed by atoms with van der Waals surface area (Å²) in [5, 5.41) is 11.1. The van der Waals surface area contributed by atoms with Gasteiger partial charge in [0, 0.05) is 6.42 Å². The van der Waals surface area contributed by atoms with Crippen molar-refractivity contribution < 1.29 is 9.90 Å². The van der Waals surface area contributed by atoms with E-state index in [9.17, 15) is 9.90 Å². The van der Waals surface area contributed by atoms with Gasteiger partial charge in [-0.1, -0.05) is 53.7 Å². The molecule has 3 fully saturated rings. The van der Waals surface area contributed by atoms with E-state index in [4.69, 9.17) is 0 Å². The maximum Gasteiger partial charge on any atom is 0.155 e. The van der Waals surface area contributed by atoms with Crippen molar-refractivity contribution in [1.82, 2.24) is 0 Å². The summed E-state index contributed by atoms with van der Waals surface area (Å²) in [6.45, 7) is 14.4. The predicted octanol–water partition coefficient (Wildman–Crippen LogP) is 6.98. The van der Waals surface area contributed by atoms with E-state index in [0.29, 0.717) is 41.4 Å². The normalized spacial score (nSPS) is 44.6. The lowest BCUT2D eigenvalue weighted by molar-refractivity contribution is -0.119. The Hall–Kier alpha value is -0.890. The number of hydrogen-bond donors (Lipinski definition) is 1. The molecule has 0 amide bonds. The highest BCUT2D eigenvalue weighted by atomic mass is 16.3. The summed E-state index contributed by atoms with van der Waals surface area (Å²) in [5.74, 6) is 5.00. The van der Waals surface area contributed by atoms with Gasteiger partial charge in [0.25, 0.3) is 0 Å². The highest BCUT2D eigenvalue weighted by Gasteiger charge is 2.60. The fourth-order valence-corrected chi connectivity index (χ4v) is 8.79. The molecule has 0 aliphatic heterocycles. The fourth-order valence-electron chi connectivity index (χ4n) is 8.79. The minimum Gasteiger partial charge on any atom is -0.389 e. The third kappa shape index (κ3) is 3.79. The van der Waals surface area contributed by atoms with Gasteiger partial charge in [-0.3, -0.25) is 4.79 Å². The summed E-state index contributed by atoms with van der Waals surface area (Å²) in [7, 11) is 0. The Labute approximate surface area is 191 Å². The topological polar surface area (TPSA) is 37.3 Å². The van der Waals surface area contributed by atoms with Crippen molar-refractivity contribution in [2.45, 2.75) is 99.0 Å². The van der Waals surface area contributed by atoms with Gasteiger partial charge in [0.2, 0.25) is 0 Å². The van der Waals surface area contributed by atoms with Gasteiger partial charge in [0.15, 0.2) is 5.78 Å². The minimum absolute atomic E-state index is 0.0345. The number of allylic oxidation sites excluding steroid dienone is 2. The highest BCUT2D eigenvalue weighted by Crippen LogP contribution is 2.67. The van der Waals surface area contributed by atoms with Gasteiger partial charge in [0.05, 0.1) is 6.10 Å². The van der Waals surface area contributed by atoms with E-state index >= 15 is 0 Å². The molecule has 0 aromatic heterocycles. The number of hydrogen-bond acceptors (Lipinski definition) is 2.